The van der Waals surface area contributed by atoms with E-state index in [0.29, 0.717) is 0 Å². The van der Waals surface area contributed by atoms with Crippen LogP contribution in [0.2, 0.25) is 0 Å². The summed E-state index contributed by atoms with van der Waals surface area (Å²) < 4.78 is 0. The van der Waals surface area contributed by atoms with E-state index in [4.69, 9.17) is 0 Å². The third-order valence-electron chi connectivity index (χ3n) is 2.89. The molecular formula is C13H17. The summed E-state index contributed by atoms with van der Waals surface area (Å²) in [6.07, 6.45) is 5.06. The smallest absolute Gasteiger partial charge is 0.0141 e. The fraction of sp³-hybridized carbons (Fsp3) is 0.538. The van der Waals surface area contributed by atoms with Crippen molar-refractivity contribution in [2.24, 2.45) is 0 Å². The van der Waals surface area contributed by atoms with Gasteiger partial charge in [-0.1, -0.05) is 26.0 Å². The molecule has 0 amide bonds. The number of rotatable bonds is 3. The van der Waals surface area contributed by atoms with Crippen LogP contribution >= 0.6 is 0 Å². The number of aryl methyl sites for hydroxylation is 2. The lowest BCUT2D eigenvalue weighted by Gasteiger charge is -2.07. The van der Waals surface area contributed by atoms with Crippen molar-refractivity contribution >= 4 is 0 Å². The molecule has 0 bridgehead atoms. The van der Waals surface area contributed by atoms with Crippen LogP contribution in [-0.2, 0) is 12.8 Å². The van der Waals surface area contributed by atoms with Crippen molar-refractivity contribution < 1.29 is 0 Å². The molecule has 0 saturated heterocycles. The molecule has 0 aromatic heterocycles. The highest BCUT2D eigenvalue weighted by molar-refractivity contribution is 5.35. The third kappa shape index (κ3) is 1.77. The van der Waals surface area contributed by atoms with Crippen molar-refractivity contribution in [1.82, 2.24) is 0 Å². The van der Waals surface area contributed by atoms with Crippen LogP contribution in [0.1, 0.15) is 49.3 Å². The van der Waals surface area contributed by atoms with Crippen LogP contribution in [0, 0.1) is 6.07 Å². The van der Waals surface area contributed by atoms with Gasteiger partial charge in [-0.15, -0.1) is 0 Å². The molecule has 0 nitrogen and oxygen atoms in total. The molecule has 69 valence electrons. The van der Waals surface area contributed by atoms with E-state index in [-0.39, 0.29) is 0 Å². The van der Waals surface area contributed by atoms with Crippen molar-refractivity contribution in [1.29, 1.82) is 0 Å². The molecule has 0 spiro atoms. The van der Waals surface area contributed by atoms with Crippen molar-refractivity contribution in [3.05, 3.63) is 34.9 Å². The third-order valence-corrected chi connectivity index (χ3v) is 2.89. The second-order valence-corrected chi connectivity index (χ2v) is 3.93. The van der Waals surface area contributed by atoms with Gasteiger partial charge >= 0.3 is 0 Å². The van der Waals surface area contributed by atoms with E-state index in [1.54, 1.807) is 0 Å². The Labute approximate surface area is 81.0 Å². The predicted molar refractivity (Wildman–Crippen MR) is 56.0 cm³/mol. The van der Waals surface area contributed by atoms with Gasteiger partial charge in [-0.05, 0) is 54.4 Å². The molecular weight excluding hydrogens is 156 g/mol. The van der Waals surface area contributed by atoms with Crippen LogP contribution in [0.15, 0.2) is 12.1 Å². The summed E-state index contributed by atoms with van der Waals surface area (Å²) in [6.45, 7) is 4.45. The first-order chi connectivity index (χ1) is 6.35. The van der Waals surface area contributed by atoms with Gasteiger partial charge in [-0.25, -0.2) is 0 Å². The Balaban J connectivity index is 2.33. The van der Waals surface area contributed by atoms with E-state index in [1.807, 2.05) is 0 Å². The first-order valence-corrected chi connectivity index (χ1v) is 5.38. The van der Waals surface area contributed by atoms with Crippen LogP contribution in [0.25, 0.3) is 0 Å². The molecule has 1 aromatic rings. The molecule has 0 heterocycles. The lowest BCUT2D eigenvalue weighted by molar-refractivity contribution is 1.00. The van der Waals surface area contributed by atoms with E-state index < -0.39 is 0 Å². The Morgan fingerprint density at radius 1 is 1.31 bits per heavy atom. The first kappa shape index (κ1) is 8.80. The highest BCUT2D eigenvalue weighted by Gasteiger charge is 2.25. The zero-order valence-corrected chi connectivity index (χ0v) is 8.56. The maximum Gasteiger partial charge on any atom is -0.0141 e. The highest BCUT2D eigenvalue weighted by atomic mass is 14.3. The zero-order chi connectivity index (χ0) is 9.26. The van der Waals surface area contributed by atoms with Gasteiger partial charge in [-0.2, -0.15) is 0 Å². The average molecular weight is 173 g/mol. The molecule has 1 aliphatic rings. The van der Waals surface area contributed by atoms with Crippen molar-refractivity contribution in [3.63, 3.8) is 0 Å². The SMILES string of the molecule is CCc1c[c]c(C2CC2)c(CC)c1. The molecule has 1 fully saturated rings. The second kappa shape index (κ2) is 3.53. The molecule has 1 aliphatic carbocycles. The number of benzene rings is 1. The molecule has 0 unspecified atom stereocenters. The summed E-state index contributed by atoms with van der Waals surface area (Å²) in [5.74, 6) is 0.848. The minimum Gasteiger partial charge on any atom is -0.0613 e. The van der Waals surface area contributed by atoms with Crippen LogP contribution in [0.4, 0.5) is 0 Å². The van der Waals surface area contributed by atoms with Crippen LogP contribution in [0.3, 0.4) is 0 Å². The summed E-state index contributed by atoms with van der Waals surface area (Å²) in [6, 6.07) is 8.01. The molecule has 1 radical (unpaired) electrons. The van der Waals surface area contributed by atoms with E-state index >= 15 is 0 Å². The summed E-state index contributed by atoms with van der Waals surface area (Å²) in [4.78, 5) is 0. The summed E-state index contributed by atoms with van der Waals surface area (Å²) in [5.41, 5.74) is 4.46. The van der Waals surface area contributed by atoms with Crippen LogP contribution < -0.4 is 0 Å². The highest BCUT2D eigenvalue weighted by Crippen LogP contribution is 2.41. The Bertz CT molecular complexity index is 295. The summed E-state index contributed by atoms with van der Waals surface area (Å²) in [7, 11) is 0. The van der Waals surface area contributed by atoms with Gasteiger partial charge in [0.05, 0.1) is 0 Å². The Morgan fingerprint density at radius 2 is 2.08 bits per heavy atom. The Hall–Kier alpha value is -0.780. The summed E-state index contributed by atoms with van der Waals surface area (Å²) >= 11 is 0. The minimum absolute atomic E-state index is 0.848. The molecule has 1 aromatic carbocycles. The molecule has 0 N–H and O–H groups in total. The average Bonchev–Trinajstić information content (AvgIpc) is 3.00. The molecule has 0 heteroatoms. The number of hydrogen-bond acceptors (Lipinski definition) is 0. The van der Waals surface area contributed by atoms with Gasteiger partial charge < -0.3 is 0 Å². The quantitative estimate of drug-likeness (QED) is 0.656. The fourth-order valence-corrected chi connectivity index (χ4v) is 1.86. The van der Waals surface area contributed by atoms with Gasteiger partial charge in [0.2, 0.25) is 0 Å². The normalized spacial score (nSPS) is 16.2. The lowest BCUT2D eigenvalue weighted by atomic mass is 9.98. The zero-order valence-electron chi connectivity index (χ0n) is 8.56. The molecule has 0 aliphatic heterocycles. The van der Waals surface area contributed by atoms with Gasteiger partial charge in [0.1, 0.15) is 0 Å². The van der Waals surface area contributed by atoms with Crippen LogP contribution in [-0.4, -0.2) is 0 Å². The van der Waals surface area contributed by atoms with Gasteiger partial charge in [-0.3, -0.25) is 0 Å². The topological polar surface area (TPSA) is 0 Å². The molecule has 2 rings (SSSR count). The van der Waals surface area contributed by atoms with E-state index in [9.17, 15) is 0 Å². The minimum atomic E-state index is 0.848. The maximum atomic E-state index is 3.47. The fourth-order valence-electron chi connectivity index (χ4n) is 1.86. The largest absolute Gasteiger partial charge is 0.0613 e. The summed E-state index contributed by atoms with van der Waals surface area (Å²) in [5, 5.41) is 0. The van der Waals surface area contributed by atoms with Gasteiger partial charge in [0.15, 0.2) is 0 Å². The van der Waals surface area contributed by atoms with Gasteiger partial charge in [0, 0.05) is 0 Å². The second-order valence-electron chi connectivity index (χ2n) is 3.93. The van der Waals surface area contributed by atoms with E-state index in [1.165, 1.54) is 29.5 Å². The first-order valence-electron chi connectivity index (χ1n) is 5.38. The molecule has 13 heavy (non-hydrogen) atoms. The molecule has 1 saturated carbocycles. The maximum absolute atomic E-state index is 3.47. The van der Waals surface area contributed by atoms with E-state index in [0.717, 1.165) is 18.8 Å². The van der Waals surface area contributed by atoms with Crippen molar-refractivity contribution in [3.8, 4) is 0 Å². The van der Waals surface area contributed by atoms with Gasteiger partial charge in [0.25, 0.3) is 0 Å². The lowest BCUT2D eigenvalue weighted by Crippen LogP contribution is -1.93. The number of hydrogen-bond donors (Lipinski definition) is 0. The predicted octanol–water partition coefficient (Wildman–Crippen LogP) is 3.49. The van der Waals surface area contributed by atoms with Crippen LogP contribution in [0.5, 0.6) is 0 Å². The Kier molecular flexibility index (Phi) is 2.39. The monoisotopic (exact) mass is 173 g/mol. The van der Waals surface area contributed by atoms with E-state index in [2.05, 4.69) is 32.0 Å². The standard InChI is InChI=1S/C13H17/c1-3-10-5-8-13(12-6-7-12)11(4-2)9-10/h5,9,12H,3-4,6-7H2,1-2H3. The van der Waals surface area contributed by atoms with Crippen molar-refractivity contribution in [2.45, 2.75) is 45.4 Å². The molecule has 0 atom stereocenters. The van der Waals surface area contributed by atoms with Crippen molar-refractivity contribution in [2.75, 3.05) is 0 Å². The Morgan fingerprint density at radius 3 is 2.62 bits per heavy atom.